The van der Waals surface area contributed by atoms with Crippen molar-refractivity contribution in [3.8, 4) is 0 Å². The van der Waals surface area contributed by atoms with E-state index in [1.54, 1.807) is 0 Å². The van der Waals surface area contributed by atoms with Crippen LogP contribution >= 0.6 is 15.9 Å². The van der Waals surface area contributed by atoms with Crippen LogP contribution in [0, 0.1) is 0 Å². The number of benzene rings is 1. The summed E-state index contributed by atoms with van der Waals surface area (Å²) in [5.74, 6) is 0. The lowest BCUT2D eigenvalue weighted by Gasteiger charge is -2.02. The molecule has 0 saturated heterocycles. The number of rotatable bonds is 6. The van der Waals surface area contributed by atoms with Crippen LogP contribution in [0.25, 0.3) is 0 Å². The lowest BCUT2D eigenvalue weighted by molar-refractivity contribution is 0.148. The van der Waals surface area contributed by atoms with E-state index in [0.717, 1.165) is 5.33 Å². The third-order valence-corrected chi connectivity index (χ3v) is 2.75. The second kappa shape index (κ2) is 8.31. The summed E-state index contributed by atoms with van der Waals surface area (Å²) in [7, 11) is 0. The van der Waals surface area contributed by atoms with E-state index in [0.29, 0.717) is 13.2 Å². The van der Waals surface area contributed by atoms with Crippen molar-refractivity contribution in [1.82, 2.24) is 0 Å². The molecule has 1 nitrogen and oxygen atoms in total. The Labute approximate surface area is 106 Å². The van der Waals surface area contributed by atoms with Gasteiger partial charge in [0, 0.05) is 5.33 Å². The molecule has 16 heavy (non-hydrogen) atoms. The summed E-state index contributed by atoms with van der Waals surface area (Å²) >= 11 is 3.42. The zero-order valence-electron chi connectivity index (χ0n) is 9.53. The van der Waals surface area contributed by atoms with Crippen LogP contribution in [-0.2, 0) is 16.7 Å². The van der Waals surface area contributed by atoms with Crippen molar-refractivity contribution in [3.05, 3.63) is 59.7 Å². The van der Waals surface area contributed by atoms with Gasteiger partial charge in [-0.2, -0.15) is 0 Å². The Morgan fingerprint density at radius 1 is 1.12 bits per heavy atom. The van der Waals surface area contributed by atoms with Crippen molar-refractivity contribution in [3.63, 3.8) is 0 Å². The number of halogens is 1. The van der Waals surface area contributed by atoms with Gasteiger partial charge in [0.05, 0.1) is 13.2 Å². The topological polar surface area (TPSA) is 9.23 Å². The lowest BCUT2D eigenvalue weighted by Crippen LogP contribution is -1.92. The maximum absolute atomic E-state index is 5.51. The van der Waals surface area contributed by atoms with Crippen molar-refractivity contribution in [2.24, 2.45) is 0 Å². The van der Waals surface area contributed by atoms with Crippen molar-refractivity contribution in [2.45, 2.75) is 18.9 Å². The van der Waals surface area contributed by atoms with Gasteiger partial charge in [0.2, 0.25) is 0 Å². The van der Waals surface area contributed by atoms with Gasteiger partial charge in [0.1, 0.15) is 0 Å². The molecule has 0 radical (unpaired) electrons. The normalized spacial score (nSPS) is 11.6. The fourth-order valence-electron chi connectivity index (χ4n) is 1.21. The van der Waals surface area contributed by atoms with Crippen LogP contribution in [0.4, 0.5) is 0 Å². The molecule has 1 rings (SSSR count). The van der Waals surface area contributed by atoms with Crippen molar-refractivity contribution in [1.29, 1.82) is 0 Å². The van der Waals surface area contributed by atoms with Gasteiger partial charge in [0.15, 0.2) is 0 Å². The Kier molecular flexibility index (Phi) is 6.86. The van der Waals surface area contributed by atoms with E-state index >= 15 is 0 Å². The van der Waals surface area contributed by atoms with Crippen LogP contribution in [0.15, 0.2) is 48.6 Å². The number of allylic oxidation sites excluding steroid dienone is 3. The predicted molar refractivity (Wildman–Crippen MR) is 72.7 cm³/mol. The van der Waals surface area contributed by atoms with Crippen LogP contribution in [0.5, 0.6) is 0 Å². The zero-order chi connectivity index (χ0) is 11.6. The minimum Gasteiger partial charge on any atom is -0.373 e. The summed E-state index contributed by atoms with van der Waals surface area (Å²) in [5.41, 5.74) is 2.50. The summed E-state index contributed by atoms with van der Waals surface area (Å²) in [6, 6.07) is 8.44. The molecule has 0 saturated carbocycles. The molecule has 0 aliphatic rings. The molecule has 0 N–H and O–H groups in total. The van der Waals surface area contributed by atoms with E-state index in [2.05, 4.69) is 40.2 Å². The molecule has 0 atom stereocenters. The average molecular weight is 281 g/mol. The van der Waals surface area contributed by atoms with E-state index in [9.17, 15) is 0 Å². The Balaban J connectivity index is 2.26. The van der Waals surface area contributed by atoms with Crippen molar-refractivity contribution in [2.75, 3.05) is 6.61 Å². The molecule has 1 aromatic rings. The lowest BCUT2D eigenvalue weighted by atomic mass is 10.2. The van der Waals surface area contributed by atoms with E-state index < -0.39 is 0 Å². The fourth-order valence-corrected chi connectivity index (χ4v) is 1.59. The highest BCUT2D eigenvalue weighted by Gasteiger charge is 1.93. The van der Waals surface area contributed by atoms with Crippen molar-refractivity contribution >= 4 is 15.9 Å². The number of ether oxygens (including phenoxy) is 1. The second-order valence-electron chi connectivity index (χ2n) is 3.42. The van der Waals surface area contributed by atoms with Gasteiger partial charge in [-0.15, -0.1) is 0 Å². The maximum Gasteiger partial charge on any atom is 0.0721 e. The van der Waals surface area contributed by atoms with E-state index in [4.69, 9.17) is 4.74 Å². The quantitative estimate of drug-likeness (QED) is 0.431. The average Bonchev–Trinajstić information content (AvgIpc) is 2.34. The Morgan fingerprint density at radius 3 is 2.44 bits per heavy atom. The summed E-state index contributed by atoms with van der Waals surface area (Å²) in [6.45, 7) is 3.32. The molecular formula is C14H17BrO. The van der Waals surface area contributed by atoms with Gasteiger partial charge in [0.25, 0.3) is 0 Å². The summed E-state index contributed by atoms with van der Waals surface area (Å²) in [4.78, 5) is 0. The van der Waals surface area contributed by atoms with Gasteiger partial charge in [-0.25, -0.2) is 0 Å². The van der Waals surface area contributed by atoms with E-state index in [-0.39, 0.29) is 0 Å². The number of hydrogen-bond acceptors (Lipinski definition) is 1. The van der Waals surface area contributed by atoms with Gasteiger partial charge < -0.3 is 4.74 Å². The number of alkyl halides is 1. The van der Waals surface area contributed by atoms with Crippen molar-refractivity contribution < 1.29 is 4.74 Å². The molecule has 0 aromatic heterocycles. The largest absolute Gasteiger partial charge is 0.373 e. The SMILES string of the molecule is C/C=C/C=C/COCc1ccc(CBr)cc1. The van der Waals surface area contributed by atoms with Crippen LogP contribution in [0.1, 0.15) is 18.1 Å². The first kappa shape index (κ1) is 13.2. The fraction of sp³-hybridized carbons (Fsp3) is 0.286. The molecule has 0 fully saturated rings. The second-order valence-corrected chi connectivity index (χ2v) is 3.98. The third-order valence-electron chi connectivity index (χ3n) is 2.10. The minimum absolute atomic E-state index is 0.657. The summed E-state index contributed by atoms with van der Waals surface area (Å²) in [5, 5.41) is 0.903. The van der Waals surface area contributed by atoms with Crippen LogP contribution in [0.3, 0.4) is 0 Å². The zero-order valence-corrected chi connectivity index (χ0v) is 11.1. The molecule has 0 aliphatic carbocycles. The van der Waals surface area contributed by atoms with Gasteiger partial charge >= 0.3 is 0 Å². The van der Waals surface area contributed by atoms with Crippen LogP contribution in [-0.4, -0.2) is 6.61 Å². The Bertz CT molecular complexity index is 338. The first-order valence-corrected chi connectivity index (χ1v) is 6.48. The molecular weight excluding hydrogens is 264 g/mol. The molecule has 0 bridgehead atoms. The van der Waals surface area contributed by atoms with Gasteiger partial charge in [-0.1, -0.05) is 64.5 Å². The monoisotopic (exact) mass is 280 g/mol. The highest BCUT2D eigenvalue weighted by Crippen LogP contribution is 2.08. The van der Waals surface area contributed by atoms with E-state index in [1.807, 2.05) is 31.2 Å². The van der Waals surface area contributed by atoms with Gasteiger partial charge in [-0.05, 0) is 18.1 Å². The highest BCUT2D eigenvalue weighted by molar-refractivity contribution is 9.08. The number of hydrogen-bond donors (Lipinski definition) is 0. The molecule has 0 aliphatic heterocycles. The predicted octanol–water partition coefficient (Wildman–Crippen LogP) is 4.23. The molecule has 0 spiro atoms. The standard InChI is InChI=1S/C14H17BrO/c1-2-3-4-5-10-16-12-14-8-6-13(11-15)7-9-14/h2-9H,10-12H2,1H3/b3-2+,5-4+. The first-order chi connectivity index (χ1) is 7.86. The highest BCUT2D eigenvalue weighted by atomic mass is 79.9. The Morgan fingerprint density at radius 2 is 1.81 bits per heavy atom. The Hall–Kier alpha value is -0.860. The van der Waals surface area contributed by atoms with E-state index in [1.165, 1.54) is 11.1 Å². The van der Waals surface area contributed by atoms with Crippen LogP contribution < -0.4 is 0 Å². The smallest absolute Gasteiger partial charge is 0.0721 e. The minimum atomic E-state index is 0.657. The molecule has 0 heterocycles. The molecule has 0 amide bonds. The third kappa shape index (κ3) is 5.29. The summed E-state index contributed by atoms with van der Waals surface area (Å²) in [6.07, 6.45) is 7.99. The maximum atomic E-state index is 5.51. The molecule has 0 unspecified atom stereocenters. The van der Waals surface area contributed by atoms with Crippen LogP contribution in [0.2, 0.25) is 0 Å². The molecule has 86 valence electrons. The molecule has 2 heteroatoms. The summed E-state index contributed by atoms with van der Waals surface area (Å²) < 4.78 is 5.51. The van der Waals surface area contributed by atoms with Gasteiger partial charge in [-0.3, -0.25) is 0 Å². The molecule has 1 aromatic carbocycles. The first-order valence-electron chi connectivity index (χ1n) is 5.36.